The Kier molecular flexibility index (Phi) is 28.2. The molecule has 4 heterocycles. The highest BCUT2D eigenvalue weighted by Gasteiger charge is 2.40. The van der Waals surface area contributed by atoms with Crippen LogP contribution in [0.5, 0.6) is 5.75 Å². The molecule has 10 amide bonds. The zero-order chi connectivity index (χ0) is 66.9. The third-order valence-corrected chi connectivity index (χ3v) is 14.9. The van der Waals surface area contributed by atoms with Gasteiger partial charge in [-0.3, -0.25) is 57.7 Å². The largest absolute Gasteiger partial charge is 0.508 e. The minimum absolute atomic E-state index is 0.0397. The van der Waals surface area contributed by atoms with Crippen LogP contribution >= 0.6 is 0 Å². The monoisotopic (exact) mass is 1270 g/mol. The molecule has 2 aromatic heterocycles. The number of aromatic amines is 2. The van der Waals surface area contributed by atoms with Crippen molar-refractivity contribution in [3.8, 4) is 5.75 Å². The molecule has 91 heavy (non-hydrogen) atoms. The maximum atomic E-state index is 14.7. The number of nitrogens with one attached hydrogen (secondary N) is 11. The van der Waals surface area contributed by atoms with Crippen LogP contribution in [0.15, 0.2) is 72.2 Å². The second kappa shape index (κ2) is 35.5. The summed E-state index contributed by atoms with van der Waals surface area (Å²) in [5, 5.41) is 53.3. The number of aliphatic carboxylic acids is 1. The smallest absolute Gasteiger partial charge is 0.300 e. The number of aromatic hydroxyl groups is 1. The van der Waals surface area contributed by atoms with E-state index in [1.54, 1.807) is 45.2 Å². The molecule has 18 N–H and O–H groups in total. The third kappa shape index (κ3) is 23.1. The lowest BCUT2D eigenvalue weighted by atomic mass is 9.98. The summed E-state index contributed by atoms with van der Waals surface area (Å²) in [5.41, 5.74) is 13.3. The summed E-state index contributed by atoms with van der Waals surface area (Å²) in [6.45, 7) is 9.91. The fourth-order valence-corrected chi connectivity index (χ4v) is 10.5. The zero-order valence-electron chi connectivity index (χ0n) is 52.1. The predicted molar refractivity (Wildman–Crippen MR) is 333 cm³/mol. The van der Waals surface area contributed by atoms with Gasteiger partial charge in [-0.2, -0.15) is 0 Å². The number of rotatable bonds is 32. The lowest BCUT2D eigenvalue weighted by molar-refractivity contribution is -0.142. The molecule has 6 rings (SSSR count). The molecule has 0 bridgehead atoms. The van der Waals surface area contributed by atoms with E-state index in [9.17, 15) is 58.2 Å². The number of H-pyrrole nitrogens is 2. The number of guanidine groups is 1. The van der Waals surface area contributed by atoms with Crippen LogP contribution in [0.4, 0.5) is 0 Å². The van der Waals surface area contributed by atoms with Gasteiger partial charge in [0.05, 0.1) is 12.9 Å². The average Bonchev–Trinajstić information content (AvgIpc) is 2.04. The molecule has 4 aromatic rings. The normalized spacial score (nSPS) is 16.7. The molecule has 2 fully saturated rings. The Hall–Kier alpha value is -9.61. The number of phenolic OH excluding ortho intramolecular Hbond substituents is 1. The summed E-state index contributed by atoms with van der Waals surface area (Å²) < 4.78 is 0. The Morgan fingerprint density at radius 2 is 1.25 bits per heavy atom. The molecule has 2 aromatic carbocycles. The summed E-state index contributed by atoms with van der Waals surface area (Å²) in [4.78, 5) is 164. The van der Waals surface area contributed by atoms with Crippen molar-refractivity contribution in [1.29, 1.82) is 0 Å². The number of fused-ring (bicyclic) bond motifs is 1. The van der Waals surface area contributed by atoms with Crippen LogP contribution in [0.1, 0.15) is 110 Å². The van der Waals surface area contributed by atoms with E-state index in [2.05, 4.69) is 67.8 Å². The second-order valence-electron chi connectivity index (χ2n) is 23.3. The Balaban J connectivity index is 0.00000365. The number of amides is 10. The van der Waals surface area contributed by atoms with Crippen molar-refractivity contribution < 1.29 is 68.1 Å². The number of carbonyl (C=O) groups is 11. The van der Waals surface area contributed by atoms with Gasteiger partial charge < -0.3 is 89.5 Å². The van der Waals surface area contributed by atoms with Gasteiger partial charge in [0.15, 0.2) is 5.96 Å². The maximum Gasteiger partial charge on any atom is 0.300 e. The Bertz CT molecular complexity index is 3160. The highest BCUT2D eigenvalue weighted by atomic mass is 16.4. The Morgan fingerprint density at radius 3 is 1.80 bits per heavy atom. The lowest BCUT2D eigenvalue weighted by Crippen LogP contribution is -2.61. The van der Waals surface area contributed by atoms with E-state index in [0.717, 1.165) is 12.4 Å². The maximum absolute atomic E-state index is 14.7. The fourth-order valence-electron chi connectivity index (χ4n) is 10.5. The summed E-state index contributed by atoms with van der Waals surface area (Å²) in [5.74, 6) is -8.39. The van der Waals surface area contributed by atoms with Gasteiger partial charge in [0.25, 0.3) is 5.97 Å². The van der Waals surface area contributed by atoms with Crippen LogP contribution in [-0.4, -0.2) is 187 Å². The Labute approximate surface area is 526 Å². The van der Waals surface area contributed by atoms with Gasteiger partial charge in [-0.1, -0.05) is 58.0 Å². The number of likely N-dealkylation sites (N-methyl/N-ethyl adjacent to an activating group) is 1. The summed E-state index contributed by atoms with van der Waals surface area (Å²) in [6.07, 6.45) is 5.80. The fraction of sp³-hybridized carbons (Fsp3) is 0.525. The molecule has 0 unspecified atom stereocenters. The number of hydrogen-bond donors (Lipinski definition) is 16. The van der Waals surface area contributed by atoms with Crippen LogP contribution in [0.3, 0.4) is 0 Å². The molecular formula is C61H88N16O14. The third-order valence-electron chi connectivity index (χ3n) is 14.9. The van der Waals surface area contributed by atoms with Crippen molar-refractivity contribution in [3.05, 3.63) is 84.1 Å². The summed E-state index contributed by atoms with van der Waals surface area (Å²) in [7, 11) is 0. The van der Waals surface area contributed by atoms with Crippen LogP contribution in [0.25, 0.3) is 10.9 Å². The number of likely N-dealkylation sites (tertiary alicyclic amines) is 1. The number of carboxylic acid groups (broad SMARTS) is 1. The predicted octanol–water partition coefficient (Wildman–Crippen LogP) is -1.35. The molecule has 496 valence electrons. The van der Waals surface area contributed by atoms with E-state index >= 15 is 0 Å². The number of imidazole rings is 1. The molecule has 2 saturated heterocycles. The highest BCUT2D eigenvalue weighted by molar-refractivity contribution is 5.99. The summed E-state index contributed by atoms with van der Waals surface area (Å²) >= 11 is 0. The standard InChI is InChI=1S/C59H84N16O12.C2H4O2/c1-6-63-57(86)48-14-10-22-75(48)58(87)41(13-9-21-64-59(60)61)68-51(80)42(23-32(2)3)69-52(81)43(24-33(4)5)70-53(82)44(25-34-15-17-37(77)18-16-34)71-56(85)47(30-76)74-54(83)45(26-35-28-65-39-12-8-7-11-38(35)39)72-55(84)46(27-36-29-62-31-66-36)73-50(79)40-19-20-49(78)67-40;1-2(3)4/h7-8,11-12,15-18,28-29,31-33,40-48,65,76-77H,6,9-10,13-14,19-27,30H2,1-5H3,(H,62,66)(H,63,86)(H,67,78)(H,68,80)(H,69,81)(H,70,82)(H,71,85)(H,72,84)(H,73,79)(H,74,83)(H4,60,61,64);1H3,(H,3,4)/t40-,41-,42-,43+,44-,45-,46+,47+,48-;/m0./s1. The van der Waals surface area contributed by atoms with Crippen molar-refractivity contribution in [2.45, 2.75) is 167 Å². The van der Waals surface area contributed by atoms with Crippen molar-refractivity contribution in [3.63, 3.8) is 0 Å². The van der Waals surface area contributed by atoms with Gasteiger partial charge >= 0.3 is 0 Å². The number of aliphatic hydroxyl groups excluding tert-OH is 1. The van der Waals surface area contributed by atoms with Crippen molar-refractivity contribution in [2.24, 2.45) is 28.3 Å². The van der Waals surface area contributed by atoms with E-state index in [4.69, 9.17) is 21.4 Å². The Morgan fingerprint density at radius 1 is 0.703 bits per heavy atom. The minimum atomic E-state index is -1.75. The molecule has 30 heteroatoms. The summed E-state index contributed by atoms with van der Waals surface area (Å²) in [6, 6.07) is 1.58. The molecule has 0 spiro atoms. The molecule has 30 nitrogen and oxygen atoms in total. The van der Waals surface area contributed by atoms with Crippen molar-refractivity contribution in [2.75, 3.05) is 26.2 Å². The van der Waals surface area contributed by atoms with Gasteiger partial charge in [0.1, 0.15) is 60.1 Å². The van der Waals surface area contributed by atoms with E-state index < -0.39 is 114 Å². The molecule has 2 aliphatic rings. The van der Waals surface area contributed by atoms with Gasteiger partial charge in [-0.15, -0.1) is 0 Å². The number of benzene rings is 2. The van der Waals surface area contributed by atoms with E-state index in [1.807, 2.05) is 19.9 Å². The van der Waals surface area contributed by atoms with Crippen LogP contribution in [0.2, 0.25) is 0 Å². The molecule has 2 aliphatic heterocycles. The van der Waals surface area contributed by atoms with E-state index in [0.29, 0.717) is 41.6 Å². The average molecular weight is 1270 g/mol. The lowest BCUT2D eigenvalue weighted by Gasteiger charge is -2.31. The van der Waals surface area contributed by atoms with Gasteiger partial charge in [0.2, 0.25) is 59.1 Å². The van der Waals surface area contributed by atoms with Gasteiger partial charge in [0, 0.05) is 81.2 Å². The van der Waals surface area contributed by atoms with Crippen LogP contribution in [0, 0.1) is 11.8 Å². The number of nitrogens with two attached hydrogens (primary N) is 2. The van der Waals surface area contributed by atoms with Crippen LogP contribution in [-0.2, 0) is 72.0 Å². The second-order valence-corrected chi connectivity index (χ2v) is 23.3. The number of aliphatic imine (C=N–C) groups is 1. The van der Waals surface area contributed by atoms with E-state index in [1.165, 1.54) is 41.7 Å². The number of para-hydroxylation sites is 1. The number of phenols is 1. The zero-order valence-corrected chi connectivity index (χ0v) is 52.1. The first-order chi connectivity index (χ1) is 43.3. The van der Waals surface area contributed by atoms with Crippen LogP contribution < -0.4 is 59.3 Å². The van der Waals surface area contributed by atoms with Crippen molar-refractivity contribution in [1.82, 2.24) is 67.7 Å². The molecule has 9 atom stereocenters. The number of nitrogens with zero attached hydrogens (tertiary/aromatic N) is 3. The van der Waals surface area contributed by atoms with Gasteiger partial charge in [-0.25, -0.2) is 4.98 Å². The molecule has 0 saturated carbocycles. The SMILES string of the molecule is CC(=O)O.CCNC(=O)[C@@H]1CCCN1C(=O)[C@H](CCCN=C(N)N)NC(=O)[C@H](CC(C)C)NC(=O)[C@@H](CC(C)C)NC(=O)[C@H](Cc1ccc(O)cc1)NC(=O)[C@@H](CO)NC(=O)[C@H](Cc1c[nH]c2ccccc12)NC(=O)[C@@H](Cc1cnc[nH]1)NC(=O)[C@@H]1CCC(=O)N1. The number of carboxylic acids is 1. The topological polar surface area (TPSA) is 469 Å². The van der Waals surface area contributed by atoms with Crippen molar-refractivity contribution >= 4 is 81.9 Å². The van der Waals surface area contributed by atoms with E-state index in [-0.39, 0.29) is 106 Å². The number of aromatic nitrogens is 3. The first-order valence-electron chi connectivity index (χ1n) is 30.4. The molecular weight excluding hydrogens is 1180 g/mol. The highest BCUT2D eigenvalue weighted by Crippen LogP contribution is 2.22. The molecule has 0 aliphatic carbocycles. The number of hydrogen-bond acceptors (Lipinski definition) is 15. The van der Waals surface area contributed by atoms with Gasteiger partial charge in [-0.05, 0) is 93.0 Å². The minimum Gasteiger partial charge on any atom is -0.508 e. The first-order valence-corrected chi connectivity index (χ1v) is 30.4. The number of aliphatic hydroxyl groups is 1. The molecule has 0 radical (unpaired) electrons. The number of carbonyl (C=O) groups excluding carboxylic acids is 10. The first kappa shape index (κ1) is 72.1. The quantitative estimate of drug-likeness (QED) is 0.0153.